The number of ether oxygens (including phenoxy) is 1. The molecule has 2 aliphatic heterocycles. The van der Waals surface area contributed by atoms with Crippen molar-refractivity contribution in [1.29, 1.82) is 0 Å². The lowest BCUT2D eigenvalue weighted by Crippen LogP contribution is -2.33. The minimum Gasteiger partial charge on any atom is -0.383 e. The predicted molar refractivity (Wildman–Crippen MR) is 56.4 cm³/mol. The highest BCUT2D eigenvalue weighted by molar-refractivity contribution is 5.84. The number of carbonyl (C=O) groups excluding carboxylic acids is 1. The van der Waals surface area contributed by atoms with Crippen molar-refractivity contribution in [3.05, 3.63) is 35.9 Å². The predicted octanol–water partition coefficient (Wildman–Crippen LogP) is 0.677. The third kappa shape index (κ3) is 1.34. The first-order chi connectivity index (χ1) is 7.77. The molecule has 2 heterocycles. The number of fused-ring (bicyclic) bond motifs is 1. The number of hydrogen-bond acceptors (Lipinski definition) is 3. The molecule has 1 amide bonds. The Hall–Kier alpha value is -1.39. The van der Waals surface area contributed by atoms with E-state index in [4.69, 9.17) is 4.74 Å². The lowest BCUT2D eigenvalue weighted by atomic mass is 10.2. The summed E-state index contributed by atoms with van der Waals surface area (Å²) in [6, 6.07) is 9.67. The number of aliphatic hydroxyl groups is 1. The molecule has 4 nitrogen and oxygen atoms in total. The fourth-order valence-corrected chi connectivity index (χ4v) is 2.44. The molecule has 1 N–H and O–H groups in total. The van der Waals surface area contributed by atoms with E-state index in [1.807, 2.05) is 30.3 Å². The second kappa shape index (κ2) is 3.57. The molecule has 84 valence electrons. The summed E-state index contributed by atoms with van der Waals surface area (Å²) in [4.78, 5) is 13.4. The third-order valence-corrected chi connectivity index (χ3v) is 3.21. The summed E-state index contributed by atoms with van der Waals surface area (Å²) in [6.45, 7) is 0.516. The molecule has 0 aliphatic carbocycles. The molecule has 1 aromatic carbocycles. The Morgan fingerprint density at radius 1 is 1.31 bits per heavy atom. The number of hydrogen-bond donors (Lipinski definition) is 1. The Labute approximate surface area is 93.4 Å². The van der Waals surface area contributed by atoms with Gasteiger partial charge in [-0.2, -0.15) is 0 Å². The van der Waals surface area contributed by atoms with Gasteiger partial charge in [-0.25, -0.2) is 0 Å². The van der Waals surface area contributed by atoms with Gasteiger partial charge in [0.2, 0.25) is 0 Å². The highest BCUT2D eigenvalue weighted by atomic mass is 16.5. The van der Waals surface area contributed by atoms with Gasteiger partial charge in [-0.15, -0.1) is 0 Å². The van der Waals surface area contributed by atoms with E-state index in [9.17, 15) is 9.90 Å². The van der Waals surface area contributed by atoms with Crippen LogP contribution in [-0.4, -0.2) is 34.7 Å². The van der Waals surface area contributed by atoms with Crippen molar-refractivity contribution >= 4 is 5.91 Å². The van der Waals surface area contributed by atoms with E-state index in [0.717, 1.165) is 5.56 Å². The zero-order valence-corrected chi connectivity index (χ0v) is 8.74. The first kappa shape index (κ1) is 9.81. The van der Waals surface area contributed by atoms with Crippen molar-refractivity contribution in [3.63, 3.8) is 0 Å². The second-order valence-electron chi connectivity index (χ2n) is 4.25. The molecule has 3 rings (SSSR count). The molecule has 0 spiro atoms. The standard InChI is InChI=1S/C12H13NO3/c14-10-6-9-7-16-12(13(9)11(10)15)8-4-2-1-3-5-8/h1-5,9-10,12,14H,6-7H2/t9-,10+,12+/m1/s1. The van der Waals surface area contributed by atoms with Gasteiger partial charge in [-0.05, 0) is 0 Å². The van der Waals surface area contributed by atoms with Gasteiger partial charge in [0.05, 0.1) is 12.6 Å². The normalized spacial score (nSPS) is 33.2. The van der Waals surface area contributed by atoms with Crippen LogP contribution in [0.5, 0.6) is 0 Å². The van der Waals surface area contributed by atoms with Crippen LogP contribution < -0.4 is 0 Å². The smallest absolute Gasteiger partial charge is 0.254 e. The maximum atomic E-state index is 11.8. The second-order valence-corrected chi connectivity index (χ2v) is 4.25. The molecule has 0 aromatic heterocycles. The summed E-state index contributed by atoms with van der Waals surface area (Å²) in [6.07, 6.45) is -0.682. The summed E-state index contributed by atoms with van der Waals surface area (Å²) in [7, 11) is 0. The van der Waals surface area contributed by atoms with Crippen LogP contribution in [0.4, 0.5) is 0 Å². The van der Waals surface area contributed by atoms with Crippen LogP contribution in [-0.2, 0) is 9.53 Å². The monoisotopic (exact) mass is 219 g/mol. The number of amides is 1. The molecule has 2 aliphatic rings. The summed E-state index contributed by atoms with van der Waals surface area (Å²) >= 11 is 0. The van der Waals surface area contributed by atoms with Crippen molar-refractivity contribution in [3.8, 4) is 0 Å². The van der Waals surface area contributed by atoms with Crippen LogP contribution in [0.25, 0.3) is 0 Å². The quantitative estimate of drug-likeness (QED) is 0.755. The Bertz CT molecular complexity index is 406. The van der Waals surface area contributed by atoms with Crippen molar-refractivity contribution in [2.45, 2.75) is 24.8 Å². The number of nitrogens with zero attached hydrogens (tertiary/aromatic N) is 1. The highest BCUT2D eigenvalue weighted by Crippen LogP contribution is 2.37. The number of aliphatic hydroxyl groups excluding tert-OH is 1. The van der Waals surface area contributed by atoms with E-state index in [0.29, 0.717) is 13.0 Å². The van der Waals surface area contributed by atoms with E-state index in [1.54, 1.807) is 4.90 Å². The molecule has 16 heavy (non-hydrogen) atoms. The van der Waals surface area contributed by atoms with E-state index >= 15 is 0 Å². The molecule has 4 heteroatoms. The molecular weight excluding hydrogens is 206 g/mol. The first-order valence-electron chi connectivity index (χ1n) is 5.44. The van der Waals surface area contributed by atoms with Gasteiger partial charge >= 0.3 is 0 Å². The maximum absolute atomic E-state index is 11.8. The third-order valence-electron chi connectivity index (χ3n) is 3.21. The molecule has 2 fully saturated rings. The summed E-state index contributed by atoms with van der Waals surface area (Å²) in [5.74, 6) is -0.212. The lowest BCUT2D eigenvalue weighted by molar-refractivity contribution is -0.140. The van der Waals surface area contributed by atoms with E-state index in [-0.39, 0.29) is 18.2 Å². The molecule has 0 saturated carbocycles. The van der Waals surface area contributed by atoms with Gasteiger partial charge in [0.25, 0.3) is 5.91 Å². The van der Waals surface area contributed by atoms with Crippen LogP contribution in [0, 0.1) is 0 Å². The summed E-state index contributed by atoms with van der Waals surface area (Å²) < 4.78 is 5.62. The highest BCUT2D eigenvalue weighted by Gasteiger charge is 2.47. The molecule has 0 bridgehead atoms. The van der Waals surface area contributed by atoms with Gasteiger partial charge in [0, 0.05) is 12.0 Å². The van der Waals surface area contributed by atoms with Gasteiger partial charge in [-0.3, -0.25) is 4.79 Å². The number of rotatable bonds is 1. The average molecular weight is 219 g/mol. The van der Waals surface area contributed by atoms with Crippen LogP contribution in [0.1, 0.15) is 18.2 Å². The molecule has 0 unspecified atom stereocenters. The van der Waals surface area contributed by atoms with E-state index < -0.39 is 6.10 Å². The topological polar surface area (TPSA) is 49.8 Å². The molecule has 1 aromatic rings. The van der Waals surface area contributed by atoms with Crippen LogP contribution in [0.15, 0.2) is 30.3 Å². The lowest BCUT2D eigenvalue weighted by Gasteiger charge is -2.22. The number of benzene rings is 1. The van der Waals surface area contributed by atoms with Crippen molar-refractivity contribution in [1.82, 2.24) is 4.90 Å². The van der Waals surface area contributed by atoms with Crippen molar-refractivity contribution in [2.24, 2.45) is 0 Å². The van der Waals surface area contributed by atoms with Crippen molar-refractivity contribution < 1.29 is 14.6 Å². The SMILES string of the molecule is O=C1[C@@H](O)C[C@@H]2CO[C@@H](c3ccccc3)N12. The van der Waals surface area contributed by atoms with Gasteiger partial charge in [-0.1, -0.05) is 30.3 Å². The maximum Gasteiger partial charge on any atom is 0.254 e. The molecule has 2 saturated heterocycles. The van der Waals surface area contributed by atoms with Gasteiger partial charge in [0.15, 0.2) is 6.23 Å². The minimum atomic E-state index is -0.847. The van der Waals surface area contributed by atoms with Crippen molar-refractivity contribution in [2.75, 3.05) is 6.61 Å². The van der Waals surface area contributed by atoms with E-state index in [2.05, 4.69) is 0 Å². The van der Waals surface area contributed by atoms with Crippen LogP contribution >= 0.6 is 0 Å². The summed E-state index contributed by atoms with van der Waals surface area (Å²) in [5, 5.41) is 9.52. The first-order valence-corrected chi connectivity index (χ1v) is 5.44. The largest absolute Gasteiger partial charge is 0.383 e. The number of carbonyl (C=O) groups is 1. The Morgan fingerprint density at radius 2 is 2.06 bits per heavy atom. The zero-order valence-electron chi connectivity index (χ0n) is 8.74. The van der Waals surface area contributed by atoms with Crippen LogP contribution in [0.2, 0.25) is 0 Å². The van der Waals surface area contributed by atoms with Crippen LogP contribution in [0.3, 0.4) is 0 Å². The Morgan fingerprint density at radius 3 is 2.81 bits per heavy atom. The fraction of sp³-hybridized carbons (Fsp3) is 0.417. The van der Waals surface area contributed by atoms with E-state index in [1.165, 1.54) is 0 Å². The Balaban J connectivity index is 1.91. The molecule has 3 atom stereocenters. The zero-order chi connectivity index (χ0) is 11.1. The Kier molecular flexibility index (Phi) is 2.19. The average Bonchev–Trinajstić information content (AvgIpc) is 2.83. The molecular formula is C12H13NO3. The fourth-order valence-electron chi connectivity index (χ4n) is 2.44. The molecule has 0 radical (unpaired) electrons. The van der Waals surface area contributed by atoms with Gasteiger partial charge < -0.3 is 14.7 Å². The minimum absolute atomic E-state index is 0.0349. The summed E-state index contributed by atoms with van der Waals surface area (Å²) in [5.41, 5.74) is 0.965. The van der Waals surface area contributed by atoms with Gasteiger partial charge in [0.1, 0.15) is 6.10 Å².